The van der Waals surface area contributed by atoms with E-state index in [1.807, 2.05) is 48.5 Å². The highest BCUT2D eigenvalue weighted by Crippen LogP contribution is 2.27. The molecule has 0 aliphatic heterocycles. The van der Waals surface area contributed by atoms with Crippen LogP contribution in [0.5, 0.6) is 5.75 Å². The number of benzene rings is 3. The number of halogens is 1. The lowest BCUT2D eigenvalue weighted by Gasteiger charge is -2.07. The first-order valence-corrected chi connectivity index (χ1v) is 7.82. The molecule has 0 bridgehead atoms. The number of fused-ring (bicyclic) bond motifs is 1. The highest BCUT2D eigenvalue weighted by Gasteiger charge is 2.10. The number of phenolic OH excluding ortho intramolecular Hbond substituents is 1. The first-order valence-electron chi connectivity index (χ1n) is 7.82. The van der Waals surface area contributed by atoms with Crippen molar-refractivity contribution in [3.63, 3.8) is 0 Å². The first-order chi connectivity index (χ1) is 12.2. The summed E-state index contributed by atoms with van der Waals surface area (Å²) >= 11 is 0. The number of aromatic hydroxyl groups is 1. The van der Waals surface area contributed by atoms with E-state index in [2.05, 4.69) is 5.10 Å². The Bertz CT molecular complexity index is 1040. The van der Waals surface area contributed by atoms with E-state index in [0.29, 0.717) is 10.9 Å². The van der Waals surface area contributed by atoms with E-state index in [9.17, 15) is 9.50 Å². The molecule has 25 heavy (non-hydrogen) atoms. The van der Waals surface area contributed by atoms with Crippen molar-refractivity contribution in [2.24, 2.45) is 0 Å². The minimum Gasteiger partial charge on any atom is -0.505 e. The molecule has 0 saturated carbocycles. The van der Waals surface area contributed by atoms with E-state index in [1.165, 1.54) is 12.1 Å². The van der Waals surface area contributed by atoms with Crippen LogP contribution in [0.25, 0.3) is 27.7 Å². The smallest absolute Gasteiger partial charge is 0.165 e. The van der Waals surface area contributed by atoms with Crippen LogP contribution in [0.3, 0.4) is 0 Å². The van der Waals surface area contributed by atoms with Crippen LogP contribution in [0.4, 0.5) is 4.39 Å². The number of rotatable bonds is 3. The zero-order chi connectivity index (χ0) is 17.4. The Balaban J connectivity index is 1.71. The second-order valence-electron chi connectivity index (χ2n) is 5.82. The van der Waals surface area contributed by atoms with Crippen molar-refractivity contribution in [3.05, 3.63) is 78.2 Å². The number of nitrogens with zero attached hydrogens (tertiary/aromatic N) is 2. The van der Waals surface area contributed by atoms with Crippen molar-refractivity contribution in [2.75, 3.05) is 0 Å². The van der Waals surface area contributed by atoms with Crippen LogP contribution >= 0.6 is 0 Å². The largest absolute Gasteiger partial charge is 0.505 e. The van der Waals surface area contributed by atoms with Gasteiger partial charge in [0, 0.05) is 11.5 Å². The first kappa shape index (κ1) is 15.4. The van der Waals surface area contributed by atoms with Gasteiger partial charge in [0.2, 0.25) is 0 Å². The van der Waals surface area contributed by atoms with Gasteiger partial charge in [-0.05, 0) is 34.9 Å². The van der Waals surface area contributed by atoms with Crippen molar-refractivity contribution >= 4 is 10.9 Å². The topological polar surface area (TPSA) is 58.3 Å². The SMILES string of the molecule is OCc1ccc(-c2ccc(-n3ncc4cc(F)c(O)cc43)cc2)cc1. The average molecular weight is 334 g/mol. The Morgan fingerprint density at radius 1 is 0.920 bits per heavy atom. The number of aliphatic hydroxyl groups excluding tert-OH is 1. The molecule has 4 aromatic rings. The van der Waals surface area contributed by atoms with E-state index >= 15 is 0 Å². The minimum absolute atomic E-state index is 0.0268. The second kappa shape index (κ2) is 6.03. The molecule has 0 unspecified atom stereocenters. The lowest BCUT2D eigenvalue weighted by atomic mass is 10.0. The highest BCUT2D eigenvalue weighted by molar-refractivity contribution is 5.82. The Hall–Kier alpha value is -3.18. The molecule has 0 spiro atoms. The van der Waals surface area contributed by atoms with Crippen molar-refractivity contribution in [3.8, 4) is 22.6 Å². The molecule has 2 N–H and O–H groups in total. The fraction of sp³-hybridized carbons (Fsp3) is 0.0500. The van der Waals surface area contributed by atoms with Crippen molar-refractivity contribution < 1.29 is 14.6 Å². The molecule has 4 nitrogen and oxygen atoms in total. The van der Waals surface area contributed by atoms with E-state index in [0.717, 1.165) is 22.4 Å². The predicted octanol–water partition coefficient (Wildman–Crippen LogP) is 4.03. The maximum atomic E-state index is 13.5. The molecule has 0 saturated heterocycles. The summed E-state index contributed by atoms with van der Waals surface area (Å²) in [6.45, 7) is 0.0268. The number of hydrogen-bond acceptors (Lipinski definition) is 3. The van der Waals surface area contributed by atoms with Gasteiger partial charge in [0.1, 0.15) is 0 Å². The number of phenols is 1. The van der Waals surface area contributed by atoms with Gasteiger partial charge in [-0.2, -0.15) is 5.10 Å². The van der Waals surface area contributed by atoms with Crippen LogP contribution in [0.2, 0.25) is 0 Å². The predicted molar refractivity (Wildman–Crippen MR) is 94.1 cm³/mol. The standard InChI is InChI=1S/C20H15FN2O2/c21-18-9-16-11-22-23(19(16)10-20(18)25)17-7-5-15(6-8-17)14-3-1-13(12-24)2-4-14/h1-11,24-25H,12H2. The molecular formula is C20H15FN2O2. The lowest BCUT2D eigenvalue weighted by molar-refractivity contribution is 0.282. The second-order valence-corrected chi connectivity index (χ2v) is 5.82. The van der Waals surface area contributed by atoms with Gasteiger partial charge in [-0.15, -0.1) is 0 Å². The molecule has 5 heteroatoms. The fourth-order valence-corrected chi connectivity index (χ4v) is 2.84. The minimum atomic E-state index is -0.659. The molecule has 4 rings (SSSR count). The molecule has 1 heterocycles. The summed E-state index contributed by atoms with van der Waals surface area (Å²) < 4.78 is 15.1. The molecule has 0 aliphatic carbocycles. The van der Waals surface area contributed by atoms with E-state index < -0.39 is 11.6 Å². The molecule has 3 aromatic carbocycles. The Labute approximate surface area is 143 Å². The van der Waals surface area contributed by atoms with E-state index in [4.69, 9.17) is 5.11 Å². The van der Waals surface area contributed by atoms with Gasteiger partial charge in [0.15, 0.2) is 11.6 Å². The molecule has 0 aliphatic rings. The Morgan fingerprint density at radius 2 is 1.56 bits per heavy atom. The Morgan fingerprint density at radius 3 is 2.20 bits per heavy atom. The average Bonchev–Trinajstić information content (AvgIpc) is 3.05. The van der Waals surface area contributed by atoms with Crippen molar-refractivity contribution in [2.45, 2.75) is 6.61 Å². The molecule has 1 aromatic heterocycles. The zero-order valence-electron chi connectivity index (χ0n) is 13.2. The van der Waals surface area contributed by atoms with Gasteiger partial charge in [-0.25, -0.2) is 9.07 Å². The maximum absolute atomic E-state index is 13.5. The number of aliphatic hydroxyl groups is 1. The molecule has 124 valence electrons. The third-order valence-electron chi connectivity index (χ3n) is 4.22. The maximum Gasteiger partial charge on any atom is 0.165 e. The van der Waals surface area contributed by atoms with Gasteiger partial charge in [0.25, 0.3) is 0 Å². The number of hydrogen-bond donors (Lipinski definition) is 2. The van der Waals surface area contributed by atoms with Crippen LogP contribution in [0.1, 0.15) is 5.56 Å². The van der Waals surface area contributed by atoms with Crippen molar-refractivity contribution in [1.29, 1.82) is 0 Å². The summed E-state index contributed by atoms with van der Waals surface area (Å²) in [6, 6.07) is 18.1. The monoisotopic (exact) mass is 334 g/mol. The summed E-state index contributed by atoms with van der Waals surface area (Å²) in [6.07, 6.45) is 1.57. The van der Waals surface area contributed by atoms with Gasteiger partial charge in [-0.3, -0.25) is 0 Å². The van der Waals surface area contributed by atoms with Gasteiger partial charge in [0.05, 0.1) is 24.0 Å². The lowest BCUT2D eigenvalue weighted by Crippen LogP contribution is -1.96. The molecular weight excluding hydrogens is 319 g/mol. The summed E-state index contributed by atoms with van der Waals surface area (Å²) in [5.74, 6) is -1.05. The summed E-state index contributed by atoms with van der Waals surface area (Å²) in [4.78, 5) is 0. The third-order valence-corrected chi connectivity index (χ3v) is 4.22. The highest BCUT2D eigenvalue weighted by atomic mass is 19.1. The Kier molecular flexibility index (Phi) is 3.71. The molecule has 0 atom stereocenters. The summed E-state index contributed by atoms with van der Waals surface area (Å²) in [7, 11) is 0. The third kappa shape index (κ3) is 2.75. The van der Waals surface area contributed by atoms with Gasteiger partial charge < -0.3 is 10.2 Å². The fourth-order valence-electron chi connectivity index (χ4n) is 2.84. The van der Waals surface area contributed by atoms with Crippen LogP contribution in [0.15, 0.2) is 66.9 Å². The van der Waals surface area contributed by atoms with Gasteiger partial charge >= 0.3 is 0 Å². The summed E-state index contributed by atoms with van der Waals surface area (Å²) in [5, 5.41) is 23.6. The van der Waals surface area contributed by atoms with Crippen molar-refractivity contribution in [1.82, 2.24) is 9.78 Å². The van der Waals surface area contributed by atoms with Crippen LogP contribution in [0, 0.1) is 5.82 Å². The molecule has 0 fully saturated rings. The summed E-state index contributed by atoms with van der Waals surface area (Å²) in [5.41, 5.74) is 4.42. The molecule has 0 amide bonds. The number of aromatic nitrogens is 2. The van der Waals surface area contributed by atoms with E-state index in [-0.39, 0.29) is 6.61 Å². The van der Waals surface area contributed by atoms with Gasteiger partial charge in [-0.1, -0.05) is 36.4 Å². The van der Waals surface area contributed by atoms with Crippen LogP contribution in [-0.4, -0.2) is 20.0 Å². The van der Waals surface area contributed by atoms with E-state index in [1.54, 1.807) is 10.9 Å². The van der Waals surface area contributed by atoms with Crippen LogP contribution < -0.4 is 0 Å². The van der Waals surface area contributed by atoms with Crippen LogP contribution in [-0.2, 0) is 6.61 Å². The zero-order valence-corrected chi connectivity index (χ0v) is 13.2. The normalized spacial score (nSPS) is 11.1. The molecule has 0 radical (unpaired) electrons. The quantitative estimate of drug-likeness (QED) is 0.595.